The number of carboxylic acid groups (broad SMARTS) is 1. The number of carbonyl (C=O) groups excluding carboxylic acids is 3. The number of hydrogen-bond donors (Lipinski definition) is 2. The minimum Gasteiger partial charge on any atom is -0.478 e. The van der Waals surface area contributed by atoms with Gasteiger partial charge in [-0.05, 0) is 11.6 Å². The fraction of sp³-hybridized carbons (Fsp3) is 0.333. The molecule has 1 aliphatic rings. The molecule has 3 rings (SSSR count). The van der Waals surface area contributed by atoms with Crippen molar-refractivity contribution < 1.29 is 42.2 Å². The van der Waals surface area contributed by atoms with Crippen LogP contribution in [-0.2, 0) is 31.9 Å². The van der Waals surface area contributed by atoms with Crippen molar-refractivity contribution in [2.75, 3.05) is 32.8 Å². The number of alkyl halides is 3. The van der Waals surface area contributed by atoms with E-state index in [-0.39, 0.29) is 19.0 Å². The average Bonchev–Trinajstić information content (AvgIpc) is 2.87. The number of nitrogens with zero attached hydrogens (tertiary/aromatic N) is 4. The molecule has 2 N–H and O–H groups in total. The van der Waals surface area contributed by atoms with Crippen LogP contribution in [-0.4, -0.2) is 87.3 Å². The molecular formula is C24H24F3N5O6. The lowest BCUT2D eigenvalue weighted by Gasteiger charge is -2.34. The van der Waals surface area contributed by atoms with Crippen LogP contribution in [0.15, 0.2) is 54.7 Å². The van der Waals surface area contributed by atoms with Crippen LogP contribution in [0.5, 0.6) is 5.88 Å². The molecule has 1 aromatic carbocycles. The van der Waals surface area contributed by atoms with Crippen LogP contribution >= 0.6 is 0 Å². The Morgan fingerprint density at radius 3 is 2.55 bits per heavy atom. The van der Waals surface area contributed by atoms with Crippen LogP contribution in [0, 0.1) is 0 Å². The van der Waals surface area contributed by atoms with E-state index in [2.05, 4.69) is 15.3 Å². The first-order chi connectivity index (χ1) is 18.0. The Morgan fingerprint density at radius 1 is 1.16 bits per heavy atom. The highest BCUT2D eigenvalue weighted by Crippen LogP contribution is 2.26. The largest absolute Gasteiger partial charge is 0.478 e. The molecule has 14 heteroatoms. The Morgan fingerprint density at radius 2 is 1.89 bits per heavy atom. The minimum absolute atomic E-state index is 0.0256. The zero-order chi connectivity index (χ0) is 27.7. The highest BCUT2D eigenvalue weighted by Gasteiger charge is 2.35. The third kappa shape index (κ3) is 8.65. The van der Waals surface area contributed by atoms with Gasteiger partial charge < -0.3 is 20.1 Å². The molecule has 1 aromatic heterocycles. The van der Waals surface area contributed by atoms with Gasteiger partial charge in [0.1, 0.15) is 6.04 Å². The summed E-state index contributed by atoms with van der Waals surface area (Å²) in [6, 6.07) is 8.98. The molecule has 0 saturated carbocycles. The normalized spacial score (nSPS) is 15.3. The minimum atomic E-state index is -4.82. The molecule has 2 heterocycles. The van der Waals surface area contributed by atoms with E-state index in [0.717, 1.165) is 23.9 Å². The van der Waals surface area contributed by atoms with Gasteiger partial charge >= 0.3 is 12.1 Å². The number of carbonyl (C=O) groups is 4. The van der Waals surface area contributed by atoms with Gasteiger partial charge in [-0.3, -0.25) is 19.3 Å². The van der Waals surface area contributed by atoms with Crippen molar-refractivity contribution in [3.05, 3.63) is 66.1 Å². The van der Waals surface area contributed by atoms with Crippen molar-refractivity contribution in [2.24, 2.45) is 0 Å². The third-order valence-corrected chi connectivity index (χ3v) is 5.32. The molecule has 1 fully saturated rings. The van der Waals surface area contributed by atoms with Crippen LogP contribution < -0.4 is 10.1 Å². The molecule has 2 aromatic rings. The standard InChI is InChI=1S/C24H24F3N5O6/c25-24(26,27)23-28-9-8-20(30-23)38-15-18(33)17(6-7-22(36)37)29-19(34)13-31-10-11-32(21(35)14-31)12-16-4-2-1-3-5-16/h1-9,17H,10-15H2,(H,29,34)(H,36,37)/b7-6+. The first-order valence-electron chi connectivity index (χ1n) is 11.3. The fourth-order valence-corrected chi connectivity index (χ4v) is 3.49. The summed E-state index contributed by atoms with van der Waals surface area (Å²) < 4.78 is 43.3. The molecule has 1 saturated heterocycles. The quantitative estimate of drug-likeness (QED) is 0.402. The zero-order valence-corrected chi connectivity index (χ0v) is 19.9. The van der Waals surface area contributed by atoms with Gasteiger partial charge in [0.2, 0.25) is 23.5 Å². The topological polar surface area (TPSA) is 142 Å². The van der Waals surface area contributed by atoms with Crippen molar-refractivity contribution in [3.63, 3.8) is 0 Å². The van der Waals surface area contributed by atoms with Crippen molar-refractivity contribution in [2.45, 2.75) is 18.8 Å². The maximum Gasteiger partial charge on any atom is 0.451 e. The summed E-state index contributed by atoms with van der Waals surface area (Å²) in [6.45, 7) is 0.148. The molecule has 1 unspecified atom stereocenters. The van der Waals surface area contributed by atoms with Crippen molar-refractivity contribution >= 4 is 23.6 Å². The predicted octanol–water partition coefficient (Wildman–Crippen LogP) is 0.913. The second-order valence-corrected chi connectivity index (χ2v) is 8.23. The number of carboxylic acids is 1. The van der Waals surface area contributed by atoms with E-state index in [1.165, 1.54) is 0 Å². The molecule has 11 nitrogen and oxygen atoms in total. The predicted molar refractivity (Wildman–Crippen MR) is 125 cm³/mol. The number of ketones is 1. The highest BCUT2D eigenvalue weighted by atomic mass is 19.4. The molecule has 1 atom stereocenters. The van der Waals surface area contributed by atoms with E-state index in [1.54, 1.807) is 9.80 Å². The van der Waals surface area contributed by atoms with Crippen LogP contribution in [0.2, 0.25) is 0 Å². The summed E-state index contributed by atoms with van der Waals surface area (Å²) in [6.07, 6.45) is -2.46. The maximum absolute atomic E-state index is 12.8. The van der Waals surface area contributed by atoms with E-state index >= 15 is 0 Å². The lowest BCUT2D eigenvalue weighted by molar-refractivity contribution is -0.145. The fourth-order valence-electron chi connectivity index (χ4n) is 3.49. The van der Waals surface area contributed by atoms with E-state index in [4.69, 9.17) is 9.84 Å². The van der Waals surface area contributed by atoms with E-state index in [9.17, 15) is 32.3 Å². The monoisotopic (exact) mass is 535 g/mol. The van der Waals surface area contributed by atoms with Gasteiger partial charge in [-0.15, -0.1) is 0 Å². The van der Waals surface area contributed by atoms with Crippen LogP contribution in [0.3, 0.4) is 0 Å². The Hall–Kier alpha value is -4.33. The number of halogens is 3. The number of aliphatic carboxylic acids is 1. The van der Waals surface area contributed by atoms with Crippen LogP contribution in [0.1, 0.15) is 11.4 Å². The van der Waals surface area contributed by atoms with Crippen molar-refractivity contribution in [1.82, 2.24) is 25.1 Å². The molecule has 38 heavy (non-hydrogen) atoms. The SMILES string of the molecule is O=C(O)/C=C/C(NC(=O)CN1CCN(Cc2ccccc2)C(=O)C1)C(=O)COc1ccnc(C(F)(F)F)n1. The van der Waals surface area contributed by atoms with Gasteiger partial charge in [0, 0.05) is 38.0 Å². The molecule has 1 aliphatic heterocycles. The first-order valence-corrected chi connectivity index (χ1v) is 11.3. The van der Waals surface area contributed by atoms with Gasteiger partial charge in [0.25, 0.3) is 0 Å². The zero-order valence-electron chi connectivity index (χ0n) is 19.9. The van der Waals surface area contributed by atoms with Gasteiger partial charge in [-0.25, -0.2) is 9.78 Å². The summed E-state index contributed by atoms with van der Waals surface area (Å²) in [4.78, 5) is 58.1. The van der Waals surface area contributed by atoms with Crippen LogP contribution in [0.4, 0.5) is 13.2 Å². The number of rotatable bonds is 11. The van der Waals surface area contributed by atoms with E-state index < -0.39 is 48.2 Å². The number of piperazine rings is 1. The molecule has 0 spiro atoms. The molecule has 202 valence electrons. The Kier molecular flexibility index (Phi) is 9.49. The van der Waals surface area contributed by atoms with Gasteiger partial charge in [0.15, 0.2) is 12.4 Å². The molecule has 0 bridgehead atoms. The number of benzene rings is 1. The van der Waals surface area contributed by atoms with Crippen molar-refractivity contribution in [1.29, 1.82) is 0 Å². The molecule has 0 aliphatic carbocycles. The molecule has 0 radical (unpaired) electrons. The number of nitrogens with one attached hydrogen (secondary N) is 1. The maximum atomic E-state index is 12.8. The summed E-state index contributed by atoms with van der Waals surface area (Å²) in [7, 11) is 0. The summed E-state index contributed by atoms with van der Waals surface area (Å²) in [5, 5.41) is 11.3. The first kappa shape index (κ1) is 28.2. The smallest absolute Gasteiger partial charge is 0.451 e. The summed E-state index contributed by atoms with van der Waals surface area (Å²) in [5.74, 6) is -5.06. The van der Waals surface area contributed by atoms with Gasteiger partial charge in [-0.1, -0.05) is 30.3 Å². The van der Waals surface area contributed by atoms with E-state index in [1.807, 2.05) is 30.3 Å². The van der Waals surface area contributed by atoms with Crippen molar-refractivity contribution in [3.8, 4) is 5.88 Å². The Labute approximate surface area is 214 Å². The number of amides is 2. The third-order valence-electron chi connectivity index (χ3n) is 5.32. The second kappa shape index (κ2) is 12.8. The number of hydrogen-bond acceptors (Lipinski definition) is 8. The summed E-state index contributed by atoms with van der Waals surface area (Å²) >= 11 is 0. The highest BCUT2D eigenvalue weighted by molar-refractivity contribution is 5.93. The number of Topliss-reactive ketones (excluding diaryl/α,β-unsaturated/α-hetero) is 1. The number of ether oxygens (including phenoxy) is 1. The Balaban J connectivity index is 1.55. The van der Waals surface area contributed by atoms with Crippen LogP contribution in [0.25, 0.3) is 0 Å². The van der Waals surface area contributed by atoms with E-state index in [0.29, 0.717) is 25.7 Å². The number of aromatic nitrogens is 2. The Bertz CT molecular complexity index is 1190. The van der Waals surface area contributed by atoms with Gasteiger partial charge in [0.05, 0.1) is 13.1 Å². The average molecular weight is 535 g/mol. The summed E-state index contributed by atoms with van der Waals surface area (Å²) in [5.41, 5.74) is 0.970. The molecular weight excluding hydrogens is 511 g/mol. The molecule has 2 amide bonds. The second-order valence-electron chi connectivity index (χ2n) is 8.23. The van der Waals surface area contributed by atoms with Gasteiger partial charge in [-0.2, -0.15) is 18.2 Å². The lowest BCUT2D eigenvalue weighted by atomic mass is 10.1. The lowest BCUT2D eigenvalue weighted by Crippen LogP contribution is -2.53.